The number of rotatable bonds is 4. The third-order valence-electron chi connectivity index (χ3n) is 6.40. The van der Waals surface area contributed by atoms with Crippen LogP contribution in [0.1, 0.15) is 18.4 Å². The predicted octanol–water partition coefficient (Wildman–Crippen LogP) is 2.20. The number of ether oxygens (including phenoxy) is 1. The number of hydrogen-bond donors (Lipinski definition) is 2. The number of nitriles is 1. The van der Waals surface area contributed by atoms with Crippen LogP contribution in [-0.2, 0) is 0 Å². The Hall–Kier alpha value is -3.81. The molecule has 5 rings (SSSR count). The highest BCUT2D eigenvalue weighted by Crippen LogP contribution is 2.42. The Morgan fingerprint density at radius 1 is 1.42 bits per heavy atom. The standard InChI is InChI=1S/C20H22N8O3/c1-27(16-13(7-21)8-23-17-15(16)3-4-22-17)14-5-11-9-28(10-12(11)6-14)20(29)25-18-24-19(30-2)26-31-18/h3-4,8,11-12,14H,5-6,9-10H2,1-2H3,(H,22,23)(H,24,25,26,29)/t11-,12?,14?/m1/s1. The van der Waals surface area contributed by atoms with Crippen LogP contribution in [0.4, 0.5) is 16.5 Å². The molecule has 0 radical (unpaired) electrons. The summed E-state index contributed by atoms with van der Waals surface area (Å²) in [7, 11) is 3.47. The van der Waals surface area contributed by atoms with Crippen molar-refractivity contribution in [2.75, 3.05) is 37.5 Å². The van der Waals surface area contributed by atoms with Crippen molar-refractivity contribution in [3.8, 4) is 12.1 Å². The Bertz CT molecular complexity index is 1150. The number of aromatic nitrogens is 4. The molecule has 160 valence electrons. The fourth-order valence-electron chi connectivity index (χ4n) is 4.90. The zero-order valence-corrected chi connectivity index (χ0v) is 17.2. The molecule has 1 aliphatic carbocycles. The highest BCUT2D eigenvalue weighted by molar-refractivity contribution is 5.93. The van der Waals surface area contributed by atoms with Gasteiger partial charge in [-0.25, -0.2) is 9.78 Å². The summed E-state index contributed by atoms with van der Waals surface area (Å²) in [5, 5.41) is 16.8. The first kappa shape index (κ1) is 19.2. The normalized spacial score (nSPS) is 22.4. The van der Waals surface area contributed by atoms with Gasteiger partial charge in [0.05, 0.1) is 18.4 Å². The maximum atomic E-state index is 12.6. The van der Waals surface area contributed by atoms with E-state index >= 15 is 0 Å². The van der Waals surface area contributed by atoms with Crippen molar-refractivity contribution in [2.24, 2.45) is 11.8 Å². The fraction of sp³-hybridized carbons (Fsp3) is 0.450. The van der Waals surface area contributed by atoms with Crippen LogP contribution in [0.3, 0.4) is 0 Å². The molecular formula is C20H22N8O3. The van der Waals surface area contributed by atoms with Crippen molar-refractivity contribution in [2.45, 2.75) is 18.9 Å². The van der Waals surface area contributed by atoms with Crippen LogP contribution >= 0.6 is 0 Å². The summed E-state index contributed by atoms with van der Waals surface area (Å²) in [6.45, 7) is 1.35. The van der Waals surface area contributed by atoms with Gasteiger partial charge in [0.2, 0.25) is 0 Å². The third-order valence-corrected chi connectivity index (χ3v) is 6.40. The number of pyridine rings is 1. The summed E-state index contributed by atoms with van der Waals surface area (Å²) < 4.78 is 9.80. The van der Waals surface area contributed by atoms with Crippen LogP contribution in [-0.4, -0.2) is 64.3 Å². The molecule has 2 fully saturated rings. The SMILES string of the molecule is COc1noc(NC(=O)N2CC3CC(N(C)c4c(C#N)cnc5[nH]ccc45)C[C@@H]3C2)n1. The first-order valence-corrected chi connectivity index (χ1v) is 10.1. The molecule has 1 saturated heterocycles. The molecule has 3 aromatic rings. The molecule has 4 heterocycles. The van der Waals surface area contributed by atoms with E-state index in [4.69, 9.17) is 9.26 Å². The Balaban J connectivity index is 1.26. The molecule has 3 aromatic heterocycles. The maximum Gasteiger partial charge on any atom is 0.355 e. The van der Waals surface area contributed by atoms with E-state index in [2.05, 4.69) is 36.4 Å². The molecule has 0 bridgehead atoms. The maximum absolute atomic E-state index is 12.6. The van der Waals surface area contributed by atoms with E-state index in [1.165, 1.54) is 7.11 Å². The fourth-order valence-corrected chi connectivity index (χ4v) is 4.90. The number of anilines is 2. The number of likely N-dealkylation sites (tertiary alicyclic amines) is 1. The summed E-state index contributed by atoms with van der Waals surface area (Å²) >= 11 is 0. The number of urea groups is 1. The quantitative estimate of drug-likeness (QED) is 0.653. The minimum Gasteiger partial charge on any atom is -0.465 e. The van der Waals surface area contributed by atoms with Crippen molar-refractivity contribution >= 4 is 28.8 Å². The Kier molecular flexibility index (Phi) is 4.62. The average molecular weight is 422 g/mol. The molecule has 2 amide bonds. The van der Waals surface area contributed by atoms with Gasteiger partial charge in [-0.3, -0.25) is 5.32 Å². The number of aromatic amines is 1. The molecule has 1 saturated carbocycles. The molecule has 0 spiro atoms. The predicted molar refractivity (Wildman–Crippen MR) is 111 cm³/mol. The van der Waals surface area contributed by atoms with Gasteiger partial charge in [-0.1, -0.05) is 0 Å². The van der Waals surface area contributed by atoms with Crippen molar-refractivity contribution in [1.29, 1.82) is 5.26 Å². The summed E-state index contributed by atoms with van der Waals surface area (Å²) in [6, 6.07) is 4.38. The third kappa shape index (κ3) is 3.30. The first-order valence-electron chi connectivity index (χ1n) is 10.1. The first-order chi connectivity index (χ1) is 15.1. The number of carbonyl (C=O) groups excluding carboxylic acids is 1. The molecule has 11 nitrogen and oxygen atoms in total. The van der Waals surface area contributed by atoms with E-state index in [1.807, 2.05) is 19.3 Å². The molecular weight excluding hydrogens is 400 g/mol. The summed E-state index contributed by atoms with van der Waals surface area (Å²) in [5.74, 6) is 0.814. The Labute approximate surface area is 178 Å². The van der Waals surface area contributed by atoms with Crippen molar-refractivity contribution in [3.05, 3.63) is 24.0 Å². The summed E-state index contributed by atoms with van der Waals surface area (Å²) in [4.78, 5) is 27.9. The largest absolute Gasteiger partial charge is 0.465 e. The van der Waals surface area contributed by atoms with Gasteiger partial charge in [-0.2, -0.15) is 5.26 Å². The lowest BCUT2D eigenvalue weighted by Gasteiger charge is -2.29. The van der Waals surface area contributed by atoms with Crippen LogP contribution in [0, 0.1) is 23.2 Å². The zero-order valence-electron chi connectivity index (χ0n) is 17.2. The second-order valence-electron chi connectivity index (χ2n) is 8.05. The van der Waals surface area contributed by atoms with Crippen LogP contribution in [0.5, 0.6) is 6.01 Å². The summed E-state index contributed by atoms with van der Waals surface area (Å²) in [5.41, 5.74) is 2.26. The number of amides is 2. The number of nitrogens with one attached hydrogen (secondary N) is 2. The second-order valence-corrected chi connectivity index (χ2v) is 8.05. The van der Waals surface area contributed by atoms with Crippen molar-refractivity contribution in [3.63, 3.8) is 0 Å². The molecule has 2 N–H and O–H groups in total. The number of H-pyrrole nitrogens is 1. The van der Waals surface area contributed by atoms with Crippen LogP contribution in [0.15, 0.2) is 23.0 Å². The molecule has 2 aliphatic rings. The number of carbonyl (C=O) groups is 1. The van der Waals surface area contributed by atoms with Gasteiger partial charge in [-0.05, 0) is 35.9 Å². The smallest absolute Gasteiger partial charge is 0.355 e. The zero-order chi connectivity index (χ0) is 21.5. The van der Waals surface area contributed by atoms with Crippen molar-refractivity contribution in [1.82, 2.24) is 25.0 Å². The molecule has 1 aliphatic heterocycles. The van der Waals surface area contributed by atoms with E-state index in [9.17, 15) is 10.1 Å². The highest BCUT2D eigenvalue weighted by Gasteiger charge is 2.44. The van der Waals surface area contributed by atoms with E-state index in [-0.39, 0.29) is 18.1 Å². The number of nitrogens with zero attached hydrogens (tertiary/aromatic N) is 6. The molecule has 11 heteroatoms. The van der Waals surface area contributed by atoms with Crippen molar-refractivity contribution < 1.29 is 14.1 Å². The van der Waals surface area contributed by atoms with Gasteiger partial charge < -0.3 is 24.0 Å². The minimum atomic E-state index is -0.250. The Morgan fingerprint density at radius 2 is 2.19 bits per heavy atom. The van der Waals surface area contributed by atoms with Gasteiger partial charge >= 0.3 is 18.1 Å². The monoisotopic (exact) mass is 422 g/mol. The molecule has 2 unspecified atom stereocenters. The molecule has 0 aromatic carbocycles. The molecule has 3 atom stereocenters. The van der Waals surface area contributed by atoms with Gasteiger partial charge in [0, 0.05) is 44.0 Å². The minimum absolute atomic E-state index is 0.0220. The van der Waals surface area contributed by atoms with Gasteiger partial charge in [-0.15, -0.1) is 4.98 Å². The van der Waals surface area contributed by atoms with E-state index in [0.29, 0.717) is 36.5 Å². The summed E-state index contributed by atoms with van der Waals surface area (Å²) in [6.07, 6.45) is 5.38. The van der Waals surface area contributed by atoms with Crippen LogP contribution < -0.4 is 15.0 Å². The van der Waals surface area contributed by atoms with Crippen LogP contribution in [0.2, 0.25) is 0 Å². The molecule has 31 heavy (non-hydrogen) atoms. The van der Waals surface area contributed by atoms with E-state index < -0.39 is 0 Å². The highest BCUT2D eigenvalue weighted by atomic mass is 16.5. The van der Waals surface area contributed by atoms with E-state index in [0.717, 1.165) is 29.6 Å². The average Bonchev–Trinajstić information content (AvgIpc) is 3.54. The lowest BCUT2D eigenvalue weighted by molar-refractivity contribution is 0.217. The second kappa shape index (κ2) is 7.46. The topological polar surface area (TPSA) is 136 Å². The number of methoxy groups -OCH3 is 1. The van der Waals surface area contributed by atoms with Gasteiger partial charge in [0.1, 0.15) is 11.7 Å². The van der Waals surface area contributed by atoms with Gasteiger partial charge in [0.25, 0.3) is 0 Å². The number of fused-ring (bicyclic) bond motifs is 2. The lowest BCUT2D eigenvalue weighted by Crippen LogP contribution is -2.36. The van der Waals surface area contributed by atoms with Crippen LogP contribution in [0.25, 0.3) is 11.0 Å². The van der Waals surface area contributed by atoms with E-state index in [1.54, 1.807) is 11.1 Å². The van der Waals surface area contributed by atoms with Gasteiger partial charge in [0.15, 0.2) is 0 Å². The lowest BCUT2D eigenvalue weighted by atomic mass is 10.0. The number of hydrogen-bond acceptors (Lipinski definition) is 8. The Morgan fingerprint density at radius 3 is 2.87 bits per heavy atom.